The molecule has 1 amide bonds. The summed E-state index contributed by atoms with van der Waals surface area (Å²) < 4.78 is 13.3. The average Bonchev–Trinajstić information content (AvgIpc) is 2.35. The lowest BCUT2D eigenvalue weighted by atomic mass is 10.2. The van der Waals surface area contributed by atoms with E-state index in [1.165, 1.54) is 12.1 Å². The average molecular weight is 330 g/mol. The molecule has 0 spiro atoms. The highest BCUT2D eigenvalue weighted by atomic mass is 79.9. The molecule has 1 heterocycles. The minimum atomic E-state index is -0.464. The van der Waals surface area contributed by atoms with Crippen molar-refractivity contribution in [1.82, 2.24) is 4.98 Å². The molecule has 0 bridgehead atoms. The van der Waals surface area contributed by atoms with Gasteiger partial charge in [0.1, 0.15) is 11.6 Å². The summed E-state index contributed by atoms with van der Waals surface area (Å²) >= 11 is 9.22. The summed E-state index contributed by atoms with van der Waals surface area (Å²) in [6.45, 7) is 0. The molecular weight excluding hydrogens is 322 g/mol. The second kappa shape index (κ2) is 5.46. The Labute approximate surface area is 116 Å². The van der Waals surface area contributed by atoms with Gasteiger partial charge >= 0.3 is 0 Å². The molecule has 0 saturated carbocycles. The Kier molecular flexibility index (Phi) is 3.93. The summed E-state index contributed by atoms with van der Waals surface area (Å²) in [5, 5.41) is 2.85. The zero-order chi connectivity index (χ0) is 13.1. The molecule has 1 N–H and O–H groups in total. The van der Waals surface area contributed by atoms with Crippen molar-refractivity contribution in [1.29, 1.82) is 0 Å². The van der Waals surface area contributed by atoms with Crippen LogP contribution in [0.1, 0.15) is 10.4 Å². The van der Waals surface area contributed by atoms with E-state index in [0.717, 1.165) is 6.20 Å². The zero-order valence-corrected chi connectivity index (χ0v) is 11.3. The van der Waals surface area contributed by atoms with Gasteiger partial charge in [0, 0.05) is 4.47 Å². The van der Waals surface area contributed by atoms with Crippen LogP contribution in [0.15, 0.2) is 41.0 Å². The minimum Gasteiger partial charge on any atom is -0.307 e. The van der Waals surface area contributed by atoms with E-state index in [2.05, 4.69) is 26.2 Å². The third kappa shape index (κ3) is 2.86. The number of aromatic nitrogens is 1. The van der Waals surface area contributed by atoms with Gasteiger partial charge in [0.25, 0.3) is 5.91 Å². The summed E-state index contributed by atoms with van der Waals surface area (Å²) in [6, 6.07) is 7.61. The monoisotopic (exact) mass is 328 g/mol. The summed E-state index contributed by atoms with van der Waals surface area (Å²) in [5.74, 6) is -0.605. The van der Waals surface area contributed by atoms with Gasteiger partial charge in [-0.25, -0.2) is 9.37 Å². The van der Waals surface area contributed by atoms with Crippen LogP contribution >= 0.6 is 27.5 Å². The predicted molar refractivity (Wildman–Crippen MR) is 71.3 cm³/mol. The molecular formula is C12H7BrClFN2O. The third-order valence-electron chi connectivity index (χ3n) is 2.17. The van der Waals surface area contributed by atoms with Crippen molar-refractivity contribution in [3.63, 3.8) is 0 Å². The van der Waals surface area contributed by atoms with Gasteiger partial charge in [-0.2, -0.15) is 0 Å². The highest BCUT2D eigenvalue weighted by Gasteiger charge is 2.12. The number of nitrogens with zero attached hydrogens (tertiary/aromatic N) is 1. The first-order chi connectivity index (χ1) is 8.58. The van der Waals surface area contributed by atoms with E-state index in [9.17, 15) is 9.18 Å². The molecule has 18 heavy (non-hydrogen) atoms. The number of carbonyl (C=O) groups is 1. The van der Waals surface area contributed by atoms with Crippen LogP contribution in [-0.4, -0.2) is 10.9 Å². The van der Waals surface area contributed by atoms with Crippen LogP contribution in [0.2, 0.25) is 5.02 Å². The Balaban J connectivity index is 2.22. The Morgan fingerprint density at radius 3 is 2.78 bits per heavy atom. The first-order valence-corrected chi connectivity index (χ1v) is 6.12. The normalized spacial score (nSPS) is 10.2. The molecule has 0 radical (unpaired) electrons. The zero-order valence-electron chi connectivity index (χ0n) is 8.95. The molecule has 0 fully saturated rings. The van der Waals surface area contributed by atoms with Gasteiger partial charge in [-0.3, -0.25) is 4.79 Å². The van der Waals surface area contributed by atoms with Gasteiger partial charge in [0.2, 0.25) is 0 Å². The molecule has 92 valence electrons. The highest BCUT2D eigenvalue weighted by molar-refractivity contribution is 9.10. The SMILES string of the molecule is O=C(Nc1ccc(F)cn1)c1cccc(Br)c1Cl. The third-order valence-corrected chi connectivity index (χ3v) is 3.46. The standard InChI is InChI=1S/C12H7BrClFN2O/c13-9-3-1-2-8(11(9)14)12(18)17-10-5-4-7(15)6-16-10/h1-6H,(H,16,17,18). The maximum absolute atomic E-state index is 12.7. The Morgan fingerprint density at radius 1 is 1.33 bits per heavy atom. The first-order valence-electron chi connectivity index (χ1n) is 4.95. The molecule has 6 heteroatoms. The van der Waals surface area contributed by atoms with Gasteiger partial charge in [0.05, 0.1) is 16.8 Å². The van der Waals surface area contributed by atoms with Crippen molar-refractivity contribution >= 4 is 39.3 Å². The van der Waals surface area contributed by atoms with Gasteiger partial charge in [-0.15, -0.1) is 0 Å². The molecule has 2 rings (SSSR count). The number of nitrogens with one attached hydrogen (secondary N) is 1. The van der Waals surface area contributed by atoms with Gasteiger partial charge < -0.3 is 5.32 Å². The lowest BCUT2D eigenvalue weighted by Gasteiger charge is -2.06. The van der Waals surface area contributed by atoms with E-state index < -0.39 is 11.7 Å². The van der Waals surface area contributed by atoms with E-state index in [1.54, 1.807) is 18.2 Å². The lowest BCUT2D eigenvalue weighted by Crippen LogP contribution is -2.13. The van der Waals surface area contributed by atoms with Crippen molar-refractivity contribution < 1.29 is 9.18 Å². The number of rotatable bonds is 2. The highest BCUT2D eigenvalue weighted by Crippen LogP contribution is 2.26. The Bertz CT molecular complexity index is 589. The van der Waals surface area contributed by atoms with Gasteiger partial charge in [-0.05, 0) is 40.2 Å². The second-order valence-electron chi connectivity index (χ2n) is 3.42. The largest absolute Gasteiger partial charge is 0.307 e. The molecule has 0 saturated heterocycles. The van der Waals surface area contributed by atoms with Crippen molar-refractivity contribution in [2.75, 3.05) is 5.32 Å². The van der Waals surface area contributed by atoms with E-state index in [4.69, 9.17) is 11.6 Å². The number of anilines is 1. The van der Waals surface area contributed by atoms with Crippen LogP contribution in [0.25, 0.3) is 0 Å². The number of amides is 1. The second-order valence-corrected chi connectivity index (χ2v) is 4.65. The van der Waals surface area contributed by atoms with Crippen molar-refractivity contribution in [2.45, 2.75) is 0 Å². The topological polar surface area (TPSA) is 42.0 Å². The smallest absolute Gasteiger partial charge is 0.258 e. The summed E-state index contributed by atoms with van der Waals surface area (Å²) in [4.78, 5) is 15.7. The van der Waals surface area contributed by atoms with Crippen LogP contribution in [0.3, 0.4) is 0 Å². The molecule has 0 aliphatic rings. The molecule has 1 aromatic heterocycles. The van der Waals surface area contributed by atoms with Gasteiger partial charge in [0.15, 0.2) is 0 Å². The minimum absolute atomic E-state index is 0.262. The number of pyridine rings is 1. The molecule has 0 atom stereocenters. The van der Waals surface area contributed by atoms with E-state index in [-0.39, 0.29) is 5.82 Å². The van der Waals surface area contributed by atoms with Crippen LogP contribution in [0.4, 0.5) is 10.2 Å². The van der Waals surface area contributed by atoms with Crippen LogP contribution in [-0.2, 0) is 0 Å². The predicted octanol–water partition coefficient (Wildman–Crippen LogP) is 3.89. The summed E-state index contributed by atoms with van der Waals surface area (Å²) in [7, 11) is 0. The summed E-state index contributed by atoms with van der Waals surface area (Å²) in [6.07, 6.45) is 1.03. The van der Waals surface area contributed by atoms with Crippen LogP contribution in [0.5, 0.6) is 0 Å². The number of hydrogen-bond donors (Lipinski definition) is 1. The maximum Gasteiger partial charge on any atom is 0.258 e. The number of carbonyl (C=O) groups excluding carboxylic acids is 1. The van der Waals surface area contributed by atoms with E-state index >= 15 is 0 Å². The number of hydrogen-bond acceptors (Lipinski definition) is 2. The van der Waals surface area contributed by atoms with Crippen molar-refractivity contribution in [3.8, 4) is 0 Å². The molecule has 0 unspecified atom stereocenters. The van der Waals surface area contributed by atoms with Crippen molar-refractivity contribution in [3.05, 3.63) is 57.4 Å². The lowest BCUT2D eigenvalue weighted by molar-refractivity contribution is 0.102. The maximum atomic E-state index is 12.7. The fourth-order valence-corrected chi connectivity index (χ4v) is 1.89. The quantitative estimate of drug-likeness (QED) is 0.908. The summed E-state index contributed by atoms with van der Waals surface area (Å²) in [5.41, 5.74) is 0.317. The van der Waals surface area contributed by atoms with Crippen LogP contribution in [0, 0.1) is 5.82 Å². The molecule has 0 aliphatic carbocycles. The fourth-order valence-electron chi connectivity index (χ4n) is 1.31. The molecule has 3 nitrogen and oxygen atoms in total. The van der Waals surface area contributed by atoms with E-state index in [0.29, 0.717) is 15.1 Å². The number of halogens is 3. The first kappa shape index (κ1) is 13.0. The number of benzene rings is 1. The Hall–Kier alpha value is -1.46. The molecule has 0 aliphatic heterocycles. The Morgan fingerprint density at radius 2 is 2.11 bits per heavy atom. The van der Waals surface area contributed by atoms with Gasteiger partial charge in [-0.1, -0.05) is 17.7 Å². The van der Waals surface area contributed by atoms with Crippen LogP contribution < -0.4 is 5.32 Å². The molecule has 1 aromatic carbocycles. The fraction of sp³-hybridized carbons (Fsp3) is 0. The van der Waals surface area contributed by atoms with E-state index in [1.807, 2.05) is 0 Å². The molecule has 2 aromatic rings. The van der Waals surface area contributed by atoms with Crippen molar-refractivity contribution in [2.24, 2.45) is 0 Å².